The fourth-order valence-corrected chi connectivity index (χ4v) is 0.571. The zero-order valence-corrected chi connectivity index (χ0v) is 6.27. The van der Waals surface area contributed by atoms with E-state index in [4.69, 9.17) is 22.6 Å². The molecule has 0 amide bonds. The summed E-state index contributed by atoms with van der Waals surface area (Å²) in [5.41, 5.74) is 5.37. The molecule has 10 heavy (non-hydrogen) atoms. The third-order valence-electron chi connectivity index (χ3n) is 0.906. The number of alkyl halides is 1. The summed E-state index contributed by atoms with van der Waals surface area (Å²) in [5, 5.41) is 8.33. The van der Waals surface area contributed by atoms with Crippen LogP contribution in [0.15, 0.2) is 11.3 Å². The number of hydrogen-bond donors (Lipinski definition) is 1. The lowest BCUT2D eigenvalue weighted by Crippen LogP contribution is -2.08. The van der Waals surface area contributed by atoms with Gasteiger partial charge < -0.3 is 5.73 Å². The molecule has 0 aromatic carbocycles. The second-order valence-corrected chi connectivity index (χ2v) is 1.99. The van der Waals surface area contributed by atoms with Gasteiger partial charge in [0.2, 0.25) is 0 Å². The third-order valence-corrected chi connectivity index (χ3v) is 1.15. The fourth-order valence-electron chi connectivity index (χ4n) is 0.437. The van der Waals surface area contributed by atoms with Gasteiger partial charge in [-0.25, -0.2) is 0 Å². The van der Waals surface area contributed by atoms with Gasteiger partial charge in [0, 0.05) is 5.70 Å². The predicted molar refractivity (Wildman–Crippen MR) is 38.2 cm³/mol. The fraction of sp³-hybridized carbons (Fsp3) is 0.333. The van der Waals surface area contributed by atoms with E-state index < -0.39 is 5.78 Å². The van der Waals surface area contributed by atoms with E-state index in [0.717, 1.165) is 0 Å². The van der Waals surface area contributed by atoms with Gasteiger partial charge in [0.15, 0.2) is 5.78 Å². The Kier molecular flexibility index (Phi) is 3.52. The monoisotopic (exact) mass is 158 g/mol. The molecule has 0 fully saturated rings. The zero-order valence-electron chi connectivity index (χ0n) is 5.52. The molecular weight excluding hydrogens is 152 g/mol. The Balaban J connectivity index is 4.59. The van der Waals surface area contributed by atoms with Crippen LogP contribution in [0, 0.1) is 11.3 Å². The molecule has 0 radical (unpaired) electrons. The van der Waals surface area contributed by atoms with Gasteiger partial charge in [-0.3, -0.25) is 4.79 Å². The summed E-state index contributed by atoms with van der Waals surface area (Å²) in [6, 6.07) is 1.67. The smallest absolute Gasteiger partial charge is 0.189 e. The van der Waals surface area contributed by atoms with Crippen molar-refractivity contribution in [2.75, 3.05) is 5.88 Å². The molecule has 0 rings (SSSR count). The van der Waals surface area contributed by atoms with Crippen molar-refractivity contribution in [2.24, 2.45) is 5.73 Å². The van der Waals surface area contributed by atoms with Crippen molar-refractivity contribution in [3.8, 4) is 6.07 Å². The molecule has 2 N–H and O–H groups in total. The number of Topliss-reactive ketones (excluding diaryl/α,β-unsaturated/α-hetero) is 1. The first kappa shape index (κ1) is 8.99. The molecule has 0 spiro atoms. The molecule has 0 aromatic heterocycles. The van der Waals surface area contributed by atoms with Gasteiger partial charge >= 0.3 is 0 Å². The number of nitrogens with zero attached hydrogens (tertiary/aromatic N) is 1. The summed E-state index contributed by atoms with van der Waals surface area (Å²) in [4.78, 5) is 10.7. The highest BCUT2D eigenvalue weighted by atomic mass is 35.5. The molecule has 54 valence electrons. The van der Waals surface area contributed by atoms with E-state index in [2.05, 4.69) is 0 Å². The molecule has 0 bridgehead atoms. The lowest BCUT2D eigenvalue weighted by molar-refractivity contribution is -0.113. The van der Waals surface area contributed by atoms with Crippen LogP contribution in [0.4, 0.5) is 0 Å². The van der Waals surface area contributed by atoms with Crippen LogP contribution >= 0.6 is 11.6 Å². The maximum Gasteiger partial charge on any atom is 0.189 e. The Morgan fingerprint density at radius 1 is 1.80 bits per heavy atom. The Morgan fingerprint density at radius 2 is 2.30 bits per heavy atom. The van der Waals surface area contributed by atoms with E-state index in [1.165, 1.54) is 6.92 Å². The Morgan fingerprint density at radius 3 is 2.40 bits per heavy atom. The standard InChI is InChI=1S/C6H7ClN2O/c1-4(9)5(3-8)6(10)2-7/h2,9H2,1H3/b5-4-. The first-order valence-electron chi connectivity index (χ1n) is 2.59. The van der Waals surface area contributed by atoms with Crippen molar-refractivity contribution in [3.05, 3.63) is 11.3 Å². The first-order chi connectivity index (χ1) is 4.63. The molecule has 3 nitrogen and oxygen atoms in total. The molecule has 0 atom stereocenters. The summed E-state index contributed by atoms with van der Waals surface area (Å²) in [6.07, 6.45) is 0. The van der Waals surface area contributed by atoms with Gasteiger partial charge in [0.25, 0.3) is 0 Å². The maximum atomic E-state index is 10.7. The number of nitrogens with two attached hydrogens (primary N) is 1. The summed E-state index contributed by atoms with van der Waals surface area (Å²) in [6.45, 7) is 1.49. The number of hydrogen-bond acceptors (Lipinski definition) is 3. The molecule has 0 aliphatic rings. The molecule has 0 aliphatic carbocycles. The second kappa shape index (κ2) is 3.91. The number of nitriles is 1. The average Bonchev–Trinajstić information content (AvgIpc) is 1.88. The van der Waals surface area contributed by atoms with Crippen molar-refractivity contribution < 1.29 is 4.79 Å². The van der Waals surface area contributed by atoms with Crippen molar-refractivity contribution in [3.63, 3.8) is 0 Å². The minimum Gasteiger partial charge on any atom is -0.401 e. The van der Waals surface area contributed by atoms with Crippen molar-refractivity contribution in [2.45, 2.75) is 6.92 Å². The van der Waals surface area contributed by atoms with Gasteiger partial charge in [-0.2, -0.15) is 5.26 Å². The van der Waals surface area contributed by atoms with Crippen molar-refractivity contribution in [1.82, 2.24) is 0 Å². The minimum absolute atomic E-state index is 0.0463. The van der Waals surface area contributed by atoms with Gasteiger partial charge in [-0.15, -0.1) is 11.6 Å². The predicted octanol–water partition coefficient (Wildman–Crippen LogP) is 0.551. The Hall–Kier alpha value is -1.01. The van der Waals surface area contributed by atoms with E-state index in [0.29, 0.717) is 0 Å². The van der Waals surface area contributed by atoms with Crippen LogP contribution in [0.3, 0.4) is 0 Å². The SMILES string of the molecule is C/C(N)=C(\C#N)C(=O)CCl. The number of allylic oxidation sites excluding steroid dienone is 2. The first-order valence-corrected chi connectivity index (χ1v) is 3.12. The van der Waals surface area contributed by atoms with Crippen LogP contribution in [-0.4, -0.2) is 11.7 Å². The lowest BCUT2D eigenvalue weighted by Gasteiger charge is -1.93. The lowest BCUT2D eigenvalue weighted by atomic mass is 10.2. The summed E-state index contributed by atoms with van der Waals surface area (Å²) in [7, 11) is 0. The van der Waals surface area contributed by atoms with Crippen molar-refractivity contribution >= 4 is 17.4 Å². The molecule has 4 heteroatoms. The largest absolute Gasteiger partial charge is 0.401 e. The van der Waals surface area contributed by atoms with E-state index in [1.54, 1.807) is 6.07 Å². The van der Waals surface area contributed by atoms with Gasteiger partial charge in [0.05, 0.1) is 5.88 Å². The van der Waals surface area contributed by atoms with Gasteiger partial charge in [0.1, 0.15) is 11.6 Å². The van der Waals surface area contributed by atoms with Gasteiger partial charge in [-0.1, -0.05) is 0 Å². The van der Waals surface area contributed by atoms with Crippen LogP contribution in [-0.2, 0) is 4.79 Å². The number of rotatable bonds is 2. The van der Waals surface area contributed by atoms with E-state index >= 15 is 0 Å². The average molecular weight is 159 g/mol. The molecule has 0 unspecified atom stereocenters. The number of carbonyl (C=O) groups is 1. The van der Waals surface area contributed by atoms with E-state index in [9.17, 15) is 4.79 Å². The maximum absolute atomic E-state index is 10.7. The molecule has 0 heterocycles. The molecule has 0 saturated carbocycles. The van der Waals surface area contributed by atoms with Gasteiger partial charge in [-0.05, 0) is 6.92 Å². The van der Waals surface area contributed by atoms with E-state index in [-0.39, 0.29) is 17.2 Å². The highest BCUT2D eigenvalue weighted by Crippen LogP contribution is 1.99. The van der Waals surface area contributed by atoms with Crippen LogP contribution in [0.25, 0.3) is 0 Å². The summed E-state index contributed by atoms with van der Waals surface area (Å²) in [5.74, 6) is -0.624. The van der Waals surface area contributed by atoms with Crippen LogP contribution < -0.4 is 5.73 Å². The normalized spacial score (nSPS) is 11.7. The second-order valence-electron chi connectivity index (χ2n) is 1.73. The van der Waals surface area contributed by atoms with Crippen LogP contribution in [0.1, 0.15) is 6.92 Å². The van der Waals surface area contributed by atoms with Crippen LogP contribution in [0.5, 0.6) is 0 Å². The summed E-state index contributed by atoms with van der Waals surface area (Å²) < 4.78 is 0. The molecule has 0 saturated heterocycles. The van der Waals surface area contributed by atoms with E-state index in [1.807, 2.05) is 0 Å². The highest BCUT2D eigenvalue weighted by Gasteiger charge is 2.08. The third kappa shape index (κ3) is 2.08. The topological polar surface area (TPSA) is 66.9 Å². The molecule has 0 aromatic rings. The molecular formula is C6H7ClN2O. The number of halogens is 1. The highest BCUT2D eigenvalue weighted by molar-refractivity contribution is 6.31. The van der Waals surface area contributed by atoms with Crippen molar-refractivity contribution in [1.29, 1.82) is 5.26 Å². The molecule has 0 aliphatic heterocycles. The zero-order chi connectivity index (χ0) is 8.15. The number of ketones is 1. The quantitative estimate of drug-likeness (QED) is 0.363. The number of carbonyl (C=O) groups excluding carboxylic acids is 1. The summed E-state index contributed by atoms with van der Waals surface area (Å²) >= 11 is 5.18. The Labute approximate surface area is 64.1 Å². The minimum atomic E-state index is -0.427. The van der Waals surface area contributed by atoms with Crippen LogP contribution in [0.2, 0.25) is 0 Å². The Bertz CT molecular complexity index is 210.